The molecule has 1 unspecified atom stereocenters. The molecule has 1 atom stereocenters. The van der Waals surface area contributed by atoms with Crippen molar-refractivity contribution in [3.63, 3.8) is 0 Å². The molecule has 0 aliphatic rings. The van der Waals surface area contributed by atoms with Crippen molar-refractivity contribution in [3.8, 4) is 0 Å². The molecule has 0 saturated heterocycles. The highest BCUT2D eigenvalue weighted by molar-refractivity contribution is 9.10. The van der Waals surface area contributed by atoms with Gasteiger partial charge >= 0.3 is 0 Å². The molecule has 1 aromatic heterocycles. The Morgan fingerprint density at radius 3 is 2.76 bits per heavy atom. The van der Waals surface area contributed by atoms with Crippen LogP contribution in [-0.2, 0) is 13.0 Å². The second-order valence-corrected chi connectivity index (χ2v) is 6.62. The fourth-order valence-corrected chi connectivity index (χ4v) is 3.29. The molecule has 2 N–H and O–H groups in total. The summed E-state index contributed by atoms with van der Waals surface area (Å²) in [5.74, 6) is 1.94. The molecule has 0 radical (unpaired) electrons. The van der Waals surface area contributed by atoms with Crippen molar-refractivity contribution in [2.45, 2.75) is 52.5 Å². The summed E-state index contributed by atoms with van der Waals surface area (Å²) in [5, 5.41) is 0. The van der Waals surface area contributed by atoms with E-state index in [-0.39, 0.29) is 0 Å². The highest BCUT2D eigenvalue weighted by Crippen LogP contribution is 2.23. The second kappa shape index (κ2) is 7.95. The monoisotopic (exact) mass is 351 g/mol. The van der Waals surface area contributed by atoms with E-state index in [1.165, 1.54) is 24.2 Å². The van der Waals surface area contributed by atoms with Crippen LogP contribution in [0.25, 0.3) is 11.0 Å². The van der Waals surface area contributed by atoms with Crippen molar-refractivity contribution >= 4 is 27.0 Å². The Balaban J connectivity index is 2.23. The van der Waals surface area contributed by atoms with Gasteiger partial charge in [-0.3, -0.25) is 0 Å². The SMILES string of the molecule is CCCn1c(CCC(CC)CCN)nc2cc(Br)ccc21. The number of nitrogens with two attached hydrogens (primary N) is 1. The van der Waals surface area contributed by atoms with Crippen LogP contribution < -0.4 is 5.73 Å². The van der Waals surface area contributed by atoms with E-state index in [2.05, 4.69) is 52.5 Å². The van der Waals surface area contributed by atoms with Gasteiger partial charge in [0.2, 0.25) is 0 Å². The summed E-state index contributed by atoms with van der Waals surface area (Å²) >= 11 is 3.54. The van der Waals surface area contributed by atoms with Gasteiger partial charge in [-0.25, -0.2) is 4.98 Å². The van der Waals surface area contributed by atoms with Crippen LogP contribution in [0.2, 0.25) is 0 Å². The van der Waals surface area contributed by atoms with Crippen LogP contribution in [0.1, 0.15) is 45.4 Å². The van der Waals surface area contributed by atoms with E-state index in [9.17, 15) is 0 Å². The predicted octanol–water partition coefficient (Wildman–Crippen LogP) is 4.52. The third-order valence-corrected chi connectivity index (χ3v) is 4.66. The number of rotatable bonds is 8. The Morgan fingerprint density at radius 1 is 1.29 bits per heavy atom. The molecule has 0 aliphatic carbocycles. The van der Waals surface area contributed by atoms with Crippen LogP contribution in [0, 0.1) is 5.92 Å². The number of hydrogen-bond donors (Lipinski definition) is 1. The Kier molecular flexibility index (Phi) is 6.24. The molecule has 0 spiro atoms. The molecule has 0 fully saturated rings. The fraction of sp³-hybridized carbons (Fsp3) is 0.588. The van der Waals surface area contributed by atoms with Gasteiger partial charge in [0.15, 0.2) is 0 Å². The lowest BCUT2D eigenvalue weighted by Gasteiger charge is -2.14. The average molecular weight is 352 g/mol. The number of halogens is 1. The molecule has 0 saturated carbocycles. The average Bonchev–Trinajstić information content (AvgIpc) is 2.81. The van der Waals surface area contributed by atoms with E-state index in [1.54, 1.807) is 0 Å². The molecular formula is C17H26BrN3. The lowest BCUT2D eigenvalue weighted by atomic mass is 9.96. The molecular weight excluding hydrogens is 326 g/mol. The van der Waals surface area contributed by atoms with Gasteiger partial charge < -0.3 is 10.3 Å². The van der Waals surface area contributed by atoms with E-state index in [4.69, 9.17) is 10.7 Å². The van der Waals surface area contributed by atoms with Gasteiger partial charge in [-0.1, -0.05) is 36.2 Å². The first kappa shape index (κ1) is 16.5. The van der Waals surface area contributed by atoms with Gasteiger partial charge in [0.25, 0.3) is 0 Å². The minimum atomic E-state index is 0.719. The minimum Gasteiger partial charge on any atom is -0.330 e. The van der Waals surface area contributed by atoms with Gasteiger partial charge in [-0.2, -0.15) is 0 Å². The largest absolute Gasteiger partial charge is 0.330 e. The van der Waals surface area contributed by atoms with Gasteiger partial charge in [0.1, 0.15) is 5.82 Å². The zero-order valence-electron chi connectivity index (χ0n) is 13.1. The molecule has 1 aromatic carbocycles. The Bertz CT molecular complexity index is 577. The third-order valence-electron chi connectivity index (χ3n) is 4.17. The fourth-order valence-electron chi connectivity index (χ4n) is 2.94. The zero-order chi connectivity index (χ0) is 15.2. The van der Waals surface area contributed by atoms with Crippen LogP contribution in [0.4, 0.5) is 0 Å². The summed E-state index contributed by atoms with van der Waals surface area (Å²) in [4.78, 5) is 4.86. The molecule has 0 amide bonds. The van der Waals surface area contributed by atoms with Crippen molar-refractivity contribution in [1.82, 2.24) is 9.55 Å². The highest BCUT2D eigenvalue weighted by atomic mass is 79.9. The maximum atomic E-state index is 5.70. The normalized spacial score (nSPS) is 13.0. The maximum Gasteiger partial charge on any atom is 0.109 e. The molecule has 21 heavy (non-hydrogen) atoms. The van der Waals surface area contributed by atoms with Crippen molar-refractivity contribution in [1.29, 1.82) is 0 Å². The number of benzene rings is 1. The van der Waals surface area contributed by atoms with E-state index < -0.39 is 0 Å². The van der Waals surface area contributed by atoms with Crippen LogP contribution >= 0.6 is 15.9 Å². The third kappa shape index (κ3) is 4.07. The Hall–Kier alpha value is -0.870. The van der Waals surface area contributed by atoms with Gasteiger partial charge in [-0.05, 0) is 49.9 Å². The van der Waals surface area contributed by atoms with Gasteiger partial charge in [-0.15, -0.1) is 0 Å². The first-order valence-corrected chi connectivity index (χ1v) is 8.83. The number of imidazole rings is 1. The van der Waals surface area contributed by atoms with Crippen LogP contribution in [0.3, 0.4) is 0 Å². The molecule has 4 heteroatoms. The van der Waals surface area contributed by atoms with Gasteiger partial charge in [0, 0.05) is 17.4 Å². The Labute approximate surface area is 136 Å². The second-order valence-electron chi connectivity index (χ2n) is 5.70. The molecule has 1 heterocycles. The minimum absolute atomic E-state index is 0.719. The highest BCUT2D eigenvalue weighted by Gasteiger charge is 2.13. The Morgan fingerprint density at radius 2 is 2.10 bits per heavy atom. The van der Waals surface area contributed by atoms with Crippen LogP contribution in [-0.4, -0.2) is 16.1 Å². The number of hydrogen-bond acceptors (Lipinski definition) is 2. The van der Waals surface area contributed by atoms with E-state index in [1.807, 2.05) is 0 Å². The van der Waals surface area contributed by atoms with Crippen molar-refractivity contribution < 1.29 is 0 Å². The number of aromatic nitrogens is 2. The molecule has 3 nitrogen and oxygen atoms in total. The smallest absolute Gasteiger partial charge is 0.109 e. The summed E-state index contributed by atoms with van der Waals surface area (Å²) in [5.41, 5.74) is 8.05. The number of fused-ring (bicyclic) bond motifs is 1. The quantitative estimate of drug-likeness (QED) is 0.759. The topological polar surface area (TPSA) is 43.8 Å². The first-order valence-electron chi connectivity index (χ1n) is 8.04. The molecule has 0 bridgehead atoms. The van der Waals surface area contributed by atoms with E-state index in [0.29, 0.717) is 0 Å². The van der Waals surface area contributed by atoms with Gasteiger partial charge in [0.05, 0.1) is 11.0 Å². The van der Waals surface area contributed by atoms with E-state index in [0.717, 1.165) is 48.3 Å². The van der Waals surface area contributed by atoms with E-state index >= 15 is 0 Å². The van der Waals surface area contributed by atoms with Crippen LogP contribution in [0.15, 0.2) is 22.7 Å². The lowest BCUT2D eigenvalue weighted by molar-refractivity contribution is 0.435. The summed E-state index contributed by atoms with van der Waals surface area (Å²) in [6.07, 6.45) is 5.69. The molecule has 0 aliphatic heterocycles. The van der Waals surface area contributed by atoms with Crippen molar-refractivity contribution in [3.05, 3.63) is 28.5 Å². The molecule has 116 valence electrons. The maximum absolute atomic E-state index is 5.70. The zero-order valence-corrected chi connectivity index (χ0v) is 14.7. The lowest BCUT2D eigenvalue weighted by Crippen LogP contribution is -2.11. The summed E-state index contributed by atoms with van der Waals surface area (Å²) < 4.78 is 3.48. The summed E-state index contributed by atoms with van der Waals surface area (Å²) in [6.45, 7) is 6.31. The number of nitrogens with zero attached hydrogens (tertiary/aromatic N) is 2. The molecule has 2 rings (SSSR count). The number of aryl methyl sites for hydroxylation is 2. The molecule has 2 aromatic rings. The first-order chi connectivity index (χ1) is 10.2. The van der Waals surface area contributed by atoms with Crippen molar-refractivity contribution in [2.75, 3.05) is 6.54 Å². The van der Waals surface area contributed by atoms with Crippen molar-refractivity contribution in [2.24, 2.45) is 11.7 Å². The summed E-state index contributed by atoms with van der Waals surface area (Å²) in [7, 11) is 0. The van der Waals surface area contributed by atoms with Crippen LogP contribution in [0.5, 0.6) is 0 Å². The predicted molar refractivity (Wildman–Crippen MR) is 93.5 cm³/mol. The standard InChI is InChI=1S/C17H26BrN3/c1-3-11-21-16-7-6-14(18)12-15(16)20-17(21)8-5-13(4-2)9-10-19/h6-7,12-13H,3-5,8-11,19H2,1-2H3. The summed E-state index contributed by atoms with van der Waals surface area (Å²) in [6, 6.07) is 6.38.